The molecule has 0 N–H and O–H groups in total. The molecule has 4 rings (SSSR count). The first-order chi connectivity index (χ1) is 15.8. The Balaban J connectivity index is 1.85. The largest absolute Gasteiger partial charge is 0.435 e. The summed E-state index contributed by atoms with van der Waals surface area (Å²) in [5, 5.41) is 11.9. The van der Waals surface area contributed by atoms with E-state index in [2.05, 4.69) is 9.72 Å². The highest BCUT2D eigenvalue weighted by Gasteiger charge is 2.14. The normalized spacial score (nSPS) is 11.4. The lowest BCUT2D eigenvalue weighted by Crippen LogP contribution is -2.22. The number of ether oxygens (including phenoxy) is 1. The van der Waals surface area contributed by atoms with Gasteiger partial charge in [-0.25, -0.2) is 4.98 Å². The van der Waals surface area contributed by atoms with E-state index in [4.69, 9.17) is 11.6 Å². The zero-order chi connectivity index (χ0) is 23.5. The number of hydrogen-bond acceptors (Lipinski definition) is 5. The standard InChI is InChI=1S/C23H14ClF2N3O4/c24-15-7-10-19-20(12-15)27-21(11-6-14-4-8-18(9-5-14)33-23(25)26)28(22(19)30)16-2-1-3-17(13-16)29(31)32/h1-13,23H. The van der Waals surface area contributed by atoms with Crippen LogP contribution in [0, 0.1) is 10.1 Å². The molecular weight excluding hydrogens is 456 g/mol. The van der Waals surface area contributed by atoms with Crippen molar-refractivity contribution >= 4 is 40.3 Å². The van der Waals surface area contributed by atoms with E-state index in [0.29, 0.717) is 16.1 Å². The van der Waals surface area contributed by atoms with Gasteiger partial charge in [0.15, 0.2) is 0 Å². The molecule has 0 aliphatic rings. The number of fused-ring (bicyclic) bond motifs is 1. The molecule has 33 heavy (non-hydrogen) atoms. The van der Waals surface area contributed by atoms with Gasteiger partial charge in [-0.1, -0.05) is 35.9 Å². The van der Waals surface area contributed by atoms with Gasteiger partial charge in [-0.05, 0) is 48.0 Å². The number of aromatic nitrogens is 2. The second kappa shape index (κ2) is 9.17. The summed E-state index contributed by atoms with van der Waals surface area (Å²) in [6.07, 6.45) is 3.17. The maximum Gasteiger partial charge on any atom is 0.387 e. The molecular formula is C23H14ClF2N3O4. The third kappa shape index (κ3) is 4.88. The first kappa shape index (κ1) is 22.1. The number of alkyl halides is 2. The molecule has 0 aliphatic heterocycles. The van der Waals surface area contributed by atoms with Gasteiger partial charge in [-0.15, -0.1) is 0 Å². The van der Waals surface area contributed by atoms with Crippen molar-refractivity contribution in [2.45, 2.75) is 6.61 Å². The van der Waals surface area contributed by atoms with Crippen LogP contribution in [0.25, 0.3) is 28.7 Å². The molecule has 0 bridgehead atoms. The summed E-state index contributed by atoms with van der Waals surface area (Å²) >= 11 is 6.05. The van der Waals surface area contributed by atoms with Crippen molar-refractivity contribution in [3.63, 3.8) is 0 Å². The fourth-order valence-electron chi connectivity index (χ4n) is 3.21. The SMILES string of the molecule is O=c1c2ccc(Cl)cc2nc(C=Cc2ccc(OC(F)F)cc2)n1-c1cccc([N+](=O)[O-])c1. The Labute approximate surface area is 190 Å². The van der Waals surface area contributed by atoms with Crippen molar-refractivity contribution in [1.29, 1.82) is 0 Å². The van der Waals surface area contributed by atoms with Crippen molar-refractivity contribution in [3.05, 3.63) is 104 Å². The summed E-state index contributed by atoms with van der Waals surface area (Å²) in [6, 6.07) is 16.2. The monoisotopic (exact) mass is 469 g/mol. The maximum atomic E-state index is 13.3. The Morgan fingerprint density at radius 2 is 1.82 bits per heavy atom. The number of hydrogen-bond donors (Lipinski definition) is 0. The molecule has 0 fully saturated rings. The minimum atomic E-state index is -2.93. The van der Waals surface area contributed by atoms with E-state index in [1.807, 2.05) is 0 Å². The third-order valence-corrected chi connectivity index (χ3v) is 4.92. The zero-order valence-electron chi connectivity index (χ0n) is 16.7. The van der Waals surface area contributed by atoms with Crippen LogP contribution in [0.15, 0.2) is 71.5 Å². The molecule has 0 radical (unpaired) electrons. The molecule has 0 amide bonds. The summed E-state index contributed by atoms with van der Waals surface area (Å²) in [5.74, 6) is 0.206. The van der Waals surface area contributed by atoms with Gasteiger partial charge in [0.25, 0.3) is 11.2 Å². The van der Waals surface area contributed by atoms with Crippen molar-refractivity contribution in [1.82, 2.24) is 9.55 Å². The average Bonchev–Trinajstić information content (AvgIpc) is 2.78. The van der Waals surface area contributed by atoms with E-state index in [9.17, 15) is 23.7 Å². The highest BCUT2D eigenvalue weighted by atomic mass is 35.5. The zero-order valence-corrected chi connectivity index (χ0v) is 17.4. The Morgan fingerprint density at radius 1 is 1.06 bits per heavy atom. The second-order valence-electron chi connectivity index (χ2n) is 6.83. The number of nitro groups is 1. The van der Waals surface area contributed by atoms with E-state index in [1.54, 1.807) is 42.5 Å². The van der Waals surface area contributed by atoms with Gasteiger partial charge in [0.05, 0.1) is 21.5 Å². The summed E-state index contributed by atoms with van der Waals surface area (Å²) < 4.78 is 30.3. The highest BCUT2D eigenvalue weighted by Crippen LogP contribution is 2.22. The summed E-state index contributed by atoms with van der Waals surface area (Å²) in [7, 11) is 0. The summed E-state index contributed by atoms with van der Waals surface area (Å²) in [5.41, 5.74) is 0.633. The van der Waals surface area contributed by atoms with Gasteiger partial charge in [0, 0.05) is 17.2 Å². The number of non-ortho nitro benzene ring substituents is 1. The van der Waals surface area contributed by atoms with Crippen LogP contribution in [0.1, 0.15) is 11.4 Å². The van der Waals surface area contributed by atoms with Crippen LogP contribution in [0.2, 0.25) is 5.02 Å². The smallest absolute Gasteiger partial charge is 0.387 e. The van der Waals surface area contributed by atoms with Gasteiger partial charge < -0.3 is 4.74 Å². The fourth-order valence-corrected chi connectivity index (χ4v) is 3.38. The summed E-state index contributed by atoms with van der Waals surface area (Å²) in [6.45, 7) is -2.93. The second-order valence-corrected chi connectivity index (χ2v) is 7.27. The molecule has 0 saturated carbocycles. The topological polar surface area (TPSA) is 87.3 Å². The predicted octanol–water partition coefficient (Wildman–Crippen LogP) is 5.72. The molecule has 7 nitrogen and oxygen atoms in total. The van der Waals surface area contributed by atoms with Gasteiger partial charge in [0.1, 0.15) is 11.6 Å². The number of nitro benzene ring substituents is 1. The van der Waals surface area contributed by atoms with Crippen molar-refractivity contribution in [2.24, 2.45) is 0 Å². The Hall–Kier alpha value is -4.11. The molecule has 0 atom stereocenters. The van der Waals surface area contributed by atoms with Crippen LogP contribution in [0.4, 0.5) is 14.5 Å². The highest BCUT2D eigenvalue weighted by molar-refractivity contribution is 6.31. The minimum absolute atomic E-state index is 0.00845. The predicted molar refractivity (Wildman–Crippen MR) is 121 cm³/mol. The van der Waals surface area contributed by atoms with Crippen LogP contribution in [0.3, 0.4) is 0 Å². The quantitative estimate of drug-likeness (QED) is 0.266. The van der Waals surface area contributed by atoms with Crippen molar-refractivity contribution in [3.8, 4) is 11.4 Å². The Bertz CT molecular complexity index is 1440. The first-order valence-electron chi connectivity index (χ1n) is 9.52. The number of nitrogens with zero attached hydrogens (tertiary/aromatic N) is 3. The van der Waals surface area contributed by atoms with Gasteiger partial charge >= 0.3 is 6.61 Å². The molecule has 0 unspecified atom stereocenters. The third-order valence-electron chi connectivity index (χ3n) is 4.69. The van der Waals surface area contributed by atoms with E-state index in [1.165, 1.54) is 41.0 Å². The molecule has 0 aliphatic carbocycles. The molecule has 0 saturated heterocycles. The fraction of sp³-hybridized carbons (Fsp3) is 0.0435. The Morgan fingerprint density at radius 3 is 2.52 bits per heavy atom. The van der Waals surface area contributed by atoms with Crippen LogP contribution < -0.4 is 10.3 Å². The van der Waals surface area contributed by atoms with E-state index in [0.717, 1.165) is 0 Å². The average molecular weight is 470 g/mol. The minimum Gasteiger partial charge on any atom is -0.435 e. The van der Waals surface area contributed by atoms with Crippen molar-refractivity contribution in [2.75, 3.05) is 0 Å². The molecule has 4 aromatic rings. The van der Waals surface area contributed by atoms with Crippen molar-refractivity contribution < 1.29 is 18.4 Å². The Kier molecular flexibility index (Phi) is 6.14. The lowest BCUT2D eigenvalue weighted by molar-refractivity contribution is -0.384. The van der Waals surface area contributed by atoms with Crippen LogP contribution in [-0.2, 0) is 0 Å². The van der Waals surface area contributed by atoms with Gasteiger partial charge in [0.2, 0.25) is 0 Å². The van der Waals surface area contributed by atoms with E-state index >= 15 is 0 Å². The number of rotatable bonds is 6. The maximum absolute atomic E-state index is 13.3. The van der Waals surface area contributed by atoms with Crippen LogP contribution >= 0.6 is 11.6 Å². The van der Waals surface area contributed by atoms with E-state index < -0.39 is 17.1 Å². The molecule has 10 heteroatoms. The van der Waals surface area contributed by atoms with E-state index in [-0.39, 0.29) is 28.3 Å². The van der Waals surface area contributed by atoms with Gasteiger partial charge in [-0.3, -0.25) is 19.5 Å². The van der Waals surface area contributed by atoms with Crippen LogP contribution in [-0.4, -0.2) is 21.1 Å². The molecule has 1 aromatic heterocycles. The molecule has 166 valence electrons. The molecule has 3 aromatic carbocycles. The molecule has 0 spiro atoms. The lowest BCUT2D eigenvalue weighted by atomic mass is 10.2. The van der Waals surface area contributed by atoms with Crippen LogP contribution in [0.5, 0.6) is 5.75 Å². The molecule has 1 heterocycles. The number of benzene rings is 3. The first-order valence-corrected chi connectivity index (χ1v) is 9.90. The van der Waals surface area contributed by atoms with Gasteiger partial charge in [-0.2, -0.15) is 8.78 Å². The lowest BCUT2D eigenvalue weighted by Gasteiger charge is -2.11. The summed E-state index contributed by atoms with van der Waals surface area (Å²) in [4.78, 5) is 28.5. The number of halogens is 3.